The van der Waals surface area contributed by atoms with E-state index < -0.39 is 0 Å². The van der Waals surface area contributed by atoms with Gasteiger partial charge in [0.15, 0.2) is 5.82 Å². The summed E-state index contributed by atoms with van der Waals surface area (Å²) in [6, 6.07) is 9.42. The van der Waals surface area contributed by atoms with Gasteiger partial charge in [-0.1, -0.05) is 12.1 Å². The normalized spacial score (nSPS) is 14.5. The van der Waals surface area contributed by atoms with E-state index in [1.807, 2.05) is 18.2 Å². The molecule has 0 atom stereocenters. The number of nitrogens with one attached hydrogen (secondary N) is 1. The summed E-state index contributed by atoms with van der Waals surface area (Å²) in [6.45, 7) is 2.01. The van der Waals surface area contributed by atoms with Gasteiger partial charge in [-0.15, -0.1) is 5.10 Å². The quantitative estimate of drug-likeness (QED) is 0.930. The van der Waals surface area contributed by atoms with Crippen LogP contribution in [0.4, 0.5) is 17.5 Å². The number of hydrogen-bond donors (Lipinski definition) is 1. The molecule has 1 aliphatic rings. The van der Waals surface area contributed by atoms with E-state index in [4.69, 9.17) is 5.26 Å². The Labute approximate surface area is 123 Å². The second-order valence-electron chi connectivity index (χ2n) is 4.97. The first-order chi connectivity index (χ1) is 10.4. The summed E-state index contributed by atoms with van der Waals surface area (Å²) in [6.07, 6.45) is 5.33. The molecule has 0 amide bonds. The zero-order chi connectivity index (χ0) is 14.5. The molecule has 3 rings (SSSR count). The molecule has 0 bridgehead atoms. The number of nitriles is 1. The fourth-order valence-corrected chi connectivity index (χ4v) is 2.43. The Bertz CT molecular complexity index is 657. The molecule has 2 aromatic rings. The summed E-state index contributed by atoms with van der Waals surface area (Å²) in [5.41, 5.74) is 1.25. The predicted octanol–water partition coefficient (Wildman–Crippen LogP) is 2.48. The molecule has 1 aromatic heterocycles. The van der Waals surface area contributed by atoms with Crippen molar-refractivity contribution in [2.24, 2.45) is 0 Å². The van der Waals surface area contributed by atoms with E-state index in [-0.39, 0.29) is 0 Å². The third kappa shape index (κ3) is 3.08. The number of nitrogens with zero attached hydrogens (tertiary/aromatic N) is 5. The zero-order valence-electron chi connectivity index (χ0n) is 11.7. The van der Waals surface area contributed by atoms with Crippen molar-refractivity contribution in [3.8, 4) is 6.07 Å². The molecule has 21 heavy (non-hydrogen) atoms. The van der Waals surface area contributed by atoms with Crippen molar-refractivity contribution in [2.75, 3.05) is 23.3 Å². The lowest BCUT2D eigenvalue weighted by molar-refractivity contribution is 0.572. The van der Waals surface area contributed by atoms with Gasteiger partial charge in [-0.05, 0) is 31.4 Å². The van der Waals surface area contributed by atoms with E-state index in [0.29, 0.717) is 17.2 Å². The van der Waals surface area contributed by atoms with Crippen molar-refractivity contribution in [1.82, 2.24) is 15.2 Å². The molecule has 6 nitrogen and oxygen atoms in total. The van der Waals surface area contributed by atoms with Crippen molar-refractivity contribution in [1.29, 1.82) is 5.26 Å². The summed E-state index contributed by atoms with van der Waals surface area (Å²) >= 11 is 0. The van der Waals surface area contributed by atoms with E-state index in [9.17, 15) is 0 Å². The average Bonchev–Trinajstić information content (AvgIpc) is 2.56. The van der Waals surface area contributed by atoms with Crippen LogP contribution in [0.1, 0.15) is 24.8 Å². The highest BCUT2D eigenvalue weighted by Gasteiger charge is 2.13. The molecular formula is C15H16N6. The third-order valence-electron chi connectivity index (χ3n) is 3.52. The highest BCUT2D eigenvalue weighted by Crippen LogP contribution is 2.20. The van der Waals surface area contributed by atoms with Crippen molar-refractivity contribution in [2.45, 2.75) is 19.3 Å². The predicted molar refractivity (Wildman–Crippen MR) is 80.3 cm³/mol. The van der Waals surface area contributed by atoms with Crippen molar-refractivity contribution in [3.05, 3.63) is 36.0 Å². The Balaban J connectivity index is 1.81. The zero-order valence-corrected chi connectivity index (χ0v) is 11.7. The maximum atomic E-state index is 9.10. The van der Waals surface area contributed by atoms with Gasteiger partial charge in [0.2, 0.25) is 5.95 Å². The van der Waals surface area contributed by atoms with Gasteiger partial charge >= 0.3 is 0 Å². The van der Waals surface area contributed by atoms with Crippen LogP contribution in [0.2, 0.25) is 0 Å². The van der Waals surface area contributed by atoms with Crippen molar-refractivity contribution < 1.29 is 0 Å². The van der Waals surface area contributed by atoms with Gasteiger partial charge < -0.3 is 10.2 Å². The van der Waals surface area contributed by atoms with E-state index in [1.54, 1.807) is 12.3 Å². The van der Waals surface area contributed by atoms with Crippen LogP contribution in [0.5, 0.6) is 0 Å². The number of aromatic nitrogens is 3. The molecule has 0 saturated carbocycles. The molecule has 6 heteroatoms. The molecule has 1 aromatic carbocycles. The molecule has 106 valence electrons. The van der Waals surface area contributed by atoms with Gasteiger partial charge in [0.05, 0.1) is 17.4 Å². The smallest absolute Gasteiger partial charge is 0.249 e. The Morgan fingerprint density at radius 1 is 1.14 bits per heavy atom. The van der Waals surface area contributed by atoms with Crippen molar-refractivity contribution >= 4 is 17.5 Å². The maximum Gasteiger partial charge on any atom is 0.249 e. The van der Waals surface area contributed by atoms with E-state index >= 15 is 0 Å². The number of benzene rings is 1. The molecule has 0 unspecified atom stereocenters. The summed E-state index contributed by atoms with van der Waals surface area (Å²) in [7, 11) is 0. The molecule has 0 aliphatic carbocycles. The molecule has 2 heterocycles. The highest BCUT2D eigenvalue weighted by atomic mass is 15.3. The topological polar surface area (TPSA) is 77.7 Å². The van der Waals surface area contributed by atoms with Crippen LogP contribution in [0.15, 0.2) is 30.5 Å². The van der Waals surface area contributed by atoms with E-state index in [0.717, 1.165) is 18.9 Å². The van der Waals surface area contributed by atoms with Crippen LogP contribution in [-0.4, -0.2) is 28.3 Å². The van der Waals surface area contributed by atoms with Gasteiger partial charge in [-0.25, -0.2) is 0 Å². The summed E-state index contributed by atoms with van der Waals surface area (Å²) in [4.78, 5) is 6.72. The first kappa shape index (κ1) is 13.3. The Morgan fingerprint density at radius 2 is 1.95 bits per heavy atom. The monoisotopic (exact) mass is 280 g/mol. The number of hydrogen-bond acceptors (Lipinski definition) is 6. The molecule has 1 N–H and O–H groups in total. The fourth-order valence-electron chi connectivity index (χ4n) is 2.43. The number of anilines is 3. The van der Waals surface area contributed by atoms with E-state index in [1.165, 1.54) is 19.3 Å². The molecule has 0 spiro atoms. The molecule has 0 radical (unpaired) electrons. The maximum absolute atomic E-state index is 9.10. The second-order valence-corrected chi connectivity index (χ2v) is 4.97. The molecule has 1 fully saturated rings. The summed E-state index contributed by atoms with van der Waals surface area (Å²) in [5.74, 6) is 1.25. The Kier molecular flexibility index (Phi) is 3.92. The van der Waals surface area contributed by atoms with Gasteiger partial charge in [-0.2, -0.15) is 15.3 Å². The minimum atomic E-state index is 0.417. The lowest BCUT2D eigenvalue weighted by atomic mass is 10.1. The molecule has 1 aliphatic heterocycles. The largest absolute Gasteiger partial charge is 0.355 e. The van der Waals surface area contributed by atoms with Crippen LogP contribution in [0.25, 0.3) is 0 Å². The van der Waals surface area contributed by atoms with Gasteiger partial charge in [0.25, 0.3) is 0 Å². The summed E-state index contributed by atoms with van der Waals surface area (Å²) in [5, 5.41) is 20.2. The Hall–Kier alpha value is -2.68. The van der Waals surface area contributed by atoms with Gasteiger partial charge in [0.1, 0.15) is 6.07 Å². The summed E-state index contributed by atoms with van der Waals surface area (Å²) < 4.78 is 0. The van der Waals surface area contributed by atoms with E-state index in [2.05, 4.69) is 31.5 Å². The lowest BCUT2D eigenvalue weighted by Crippen LogP contribution is -2.30. The number of piperidine rings is 1. The first-order valence-corrected chi connectivity index (χ1v) is 7.07. The standard InChI is InChI=1S/C15H16N6/c16-10-12-6-2-3-7-13(12)18-15-19-14(11-17-20-15)21-8-4-1-5-9-21/h2-3,6-7,11H,1,4-5,8-9H2,(H,18,19,20). The second kappa shape index (κ2) is 6.18. The van der Waals surface area contributed by atoms with Crippen LogP contribution < -0.4 is 10.2 Å². The minimum absolute atomic E-state index is 0.417. The number of rotatable bonds is 3. The van der Waals surface area contributed by atoms with Crippen LogP contribution in [-0.2, 0) is 0 Å². The number of para-hydroxylation sites is 1. The van der Waals surface area contributed by atoms with Crippen LogP contribution >= 0.6 is 0 Å². The van der Waals surface area contributed by atoms with Crippen LogP contribution in [0.3, 0.4) is 0 Å². The van der Waals surface area contributed by atoms with Gasteiger partial charge in [0, 0.05) is 13.1 Å². The average molecular weight is 280 g/mol. The van der Waals surface area contributed by atoms with Crippen LogP contribution in [0, 0.1) is 11.3 Å². The molecule has 1 saturated heterocycles. The SMILES string of the molecule is N#Cc1ccccc1Nc1nncc(N2CCCCC2)n1. The Morgan fingerprint density at radius 3 is 2.76 bits per heavy atom. The molecular weight excluding hydrogens is 264 g/mol. The third-order valence-corrected chi connectivity index (χ3v) is 3.52. The lowest BCUT2D eigenvalue weighted by Gasteiger charge is -2.27. The first-order valence-electron chi connectivity index (χ1n) is 7.07. The van der Waals surface area contributed by atoms with Crippen molar-refractivity contribution in [3.63, 3.8) is 0 Å². The van der Waals surface area contributed by atoms with Gasteiger partial charge in [-0.3, -0.25) is 0 Å². The highest BCUT2D eigenvalue weighted by molar-refractivity contribution is 5.63. The minimum Gasteiger partial charge on any atom is -0.355 e. The fraction of sp³-hybridized carbons (Fsp3) is 0.333.